The number of hydrogen-bond acceptors (Lipinski definition) is 2. The molecule has 0 atom stereocenters. The van der Waals surface area contributed by atoms with Crippen molar-refractivity contribution in [3.8, 4) is 11.1 Å². The molecule has 3 rings (SSSR count). The molecule has 2 heteroatoms. The van der Waals surface area contributed by atoms with Crippen molar-refractivity contribution in [1.82, 2.24) is 5.32 Å². The third-order valence-corrected chi connectivity index (χ3v) is 4.05. The molecule has 0 aliphatic carbocycles. The van der Waals surface area contributed by atoms with E-state index in [1.165, 1.54) is 42.7 Å². The number of rotatable bonds is 4. The molecular formula is C18H22N2. The lowest BCUT2D eigenvalue weighted by atomic mass is 9.98. The molecule has 1 aliphatic heterocycles. The third-order valence-electron chi connectivity index (χ3n) is 4.05. The molecule has 2 aromatic carbocycles. The van der Waals surface area contributed by atoms with Crippen LogP contribution in [0.15, 0.2) is 54.6 Å². The summed E-state index contributed by atoms with van der Waals surface area (Å²) in [6, 6.07) is 19.3. The van der Waals surface area contributed by atoms with Crippen molar-refractivity contribution in [1.29, 1.82) is 0 Å². The summed E-state index contributed by atoms with van der Waals surface area (Å²) in [6.45, 7) is 3.42. The molecule has 2 nitrogen and oxygen atoms in total. The fourth-order valence-corrected chi connectivity index (χ4v) is 2.76. The second-order valence-electron chi connectivity index (χ2n) is 5.52. The van der Waals surface area contributed by atoms with Gasteiger partial charge in [0.15, 0.2) is 0 Å². The van der Waals surface area contributed by atoms with E-state index in [1.54, 1.807) is 0 Å². The lowest BCUT2D eigenvalue weighted by Crippen LogP contribution is -2.31. The minimum absolute atomic E-state index is 0.810. The fraction of sp³-hybridized carbons (Fsp3) is 0.333. The van der Waals surface area contributed by atoms with Crippen LogP contribution in [0.2, 0.25) is 0 Å². The average molecular weight is 266 g/mol. The zero-order valence-corrected chi connectivity index (χ0v) is 11.8. The Morgan fingerprint density at radius 1 is 0.850 bits per heavy atom. The zero-order valence-electron chi connectivity index (χ0n) is 11.8. The van der Waals surface area contributed by atoms with E-state index in [2.05, 4.69) is 65.2 Å². The molecule has 2 aromatic rings. The molecule has 2 N–H and O–H groups in total. The number of hydrogen-bond donors (Lipinski definition) is 2. The standard InChI is InChI=1S/C18H22N2/c1-2-4-16(5-3-1)17-6-8-18(9-7-17)20-14-15-10-12-19-13-11-15/h1-9,15,19-20H,10-14H2. The largest absolute Gasteiger partial charge is 0.385 e. The van der Waals surface area contributed by atoms with Crippen LogP contribution in [0.25, 0.3) is 11.1 Å². The predicted octanol–water partition coefficient (Wildman–Crippen LogP) is 3.77. The highest BCUT2D eigenvalue weighted by Gasteiger charge is 2.12. The minimum atomic E-state index is 0.810. The van der Waals surface area contributed by atoms with Crippen LogP contribution >= 0.6 is 0 Å². The highest BCUT2D eigenvalue weighted by Crippen LogP contribution is 2.21. The Morgan fingerprint density at radius 3 is 2.20 bits per heavy atom. The zero-order chi connectivity index (χ0) is 13.6. The van der Waals surface area contributed by atoms with E-state index in [0.29, 0.717) is 0 Å². The maximum absolute atomic E-state index is 3.57. The highest BCUT2D eigenvalue weighted by molar-refractivity contribution is 5.65. The van der Waals surface area contributed by atoms with E-state index < -0.39 is 0 Å². The van der Waals surface area contributed by atoms with Gasteiger partial charge in [0, 0.05) is 12.2 Å². The summed E-state index contributed by atoms with van der Waals surface area (Å²) in [4.78, 5) is 0. The Balaban J connectivity index is 1.58. The lowest BCUT2D eigenvalue weighted by Gasteiger charge is -2.23. The number of nitrogens with one attached hydrogen (secondary N) is 2. The van der Waals surface area contributed by atoms with Crippen molar-refractivity contribution < 1.29 is 0 Å². The normalized spacial score (nSPS) is 16.0. The Bertz CT molecular complexity index is 513. The Morgan fingerprint density at radius 2 is 1.50 bits per heavy atom. The topological polar surface area (TPSA) is 24.1 Å². The van der Waals surface area contributed by atoms with Crippen LogP contribution in [0.5, 0.6) is 0 Å². The number of anilines is 1. The van der Waals surface area contributed by atoms with Gasteiger partial charge < -0.3 is 10.6 Å². The maximum Gasteiger partial charge on any atom is 0.0340 e. The first-order valence-electron chi connectivity index (χ1n) is 7.52. The molecule has 1 aliphatic rings. The van der Waals surface area contributed by atoms with Gasteiger partial charge in [-0.15, -0.1) is 0 Å². The van der Waals surface area contributed by atoms with E-state index in [1.807, 2.05) is 0 Å². The van der Waals surface area contributed by atoms with Gasteiger partial charge in [-0.1, -0.05) is 42.5 Å². The molecule has 0 aromatic heterocycles. The summed E-state index contributed by atoms with van der Waals surface area (Å²) in [7, 11) is 0. The van der Waals surface area contributed by atoms with Crippen molar-refractivity contribution in [3.05, 3.63) is 54.6 Å². The van der Waals surface area contributed by atoms with E-state index in [9.17, 15) is 0 Å². The minimum Gasteiger partial charge on any atom is -0.385 e. The number of piperidine rings is 1. The first-order chi connectivity index (χ1) is 9.92. The van der Waals surface area contributed by atoms with E-state index >= 15 is 0 Å². The van der Waals surface area contributed by atoms with Crippen LogP contribution in [-0.4, -0.2) is 19.6 Å². The maximum atomic E-state index is 3.57. The van der Waals surface area contributed by atoms with Crippen LogP contribution in [0.1, 0.15) is 12.8 Å². The van der Waals surface area contributed by atoms with Gasteiger partial charge in [-0.3, -0.25) is 0 Å². The van der Waals surface area contributed by atoms with Crippen LogP contribution in [-0.2, 0) is 0 Å². The van der Waals surface area contributed by atoms with Crippen molar-refractivity contribution in [2.24, 2.45) is 5.92 Å². The van der Waals surface area contributed by atoms with Gasteiger partial charge in [-0.2, -0.15) is 0 Å². The van der Waals surface area contributed by atoms with Gasteiger partial charge in [-0.25, -0.2) is 0 Å². The molecule has 104 valence electrons. The van der Waals surface area contributed by atoms with Gasteiger partial charge >= 0.3 is 0 Å². The molecule has 0 bridgehead atoms. The quantitative estimate of drug-likeness (QED) is 0.880. The molecule has 0 saturated carbocycles. The molecule has 20 heavy (non-hydrogen) atoms. The van der Waals surface area contributed by atoms with Gasteiger partial charge in [0.05, 0.1) is 0 Å². The Hall–Kier alpha value is -1.80. The summed E-state index contributed by atoms with van der Waals surface area (Å²) in [5.74, 6) is 0.810. The van der Waals surface area contributed by atoms with Crippen molar-refractivity contribution in [3.63, 3.8) is 0 Å². The molecule has 0 spiro atoms. The van der Waals surface area contributed by atoms with Crippen LogP contribution in [0.4, 0.5) is 5.69 Å². The van der Waals surface area contributed by atoms with Gasteiger partial charge in [0.25, 0.3) is 0 Å². The fourth-order valence-electron chi connectivity index (χ4n) is 2.76. The summed E-state index contributed by atoms with van der Waals surface area (Å²) in [5, 5.41) is 6.98. The van der Waals surface area contributed by atoms with Gasteiger partial charge in [0.1, 0.15) is 0 Å². The summed E-state index contributed by atoms with van der Waals surface area (Å²) in [5.41, 5.74) is 3.78. The van der Waals surface area contributed by atoms with E-state index in [4.69, 9.17) is 0 Å². The third kappa shape index (κ3) is 3.40. The van der Waals surface area contributed by atoms with E-state index in [0.717, 1.165) is 12.5 Å². The van der Waals surface area contributed by atoms with Crippen molar-refractivity contribution in [2.75, 3.05) is 25.0 Å². The average Bonchev–Trinajstić information content (AvgIpc) is 2.55. The first-order valence-corrected chi connectivity index (χ1v) is 7.52. The first kappa shape index (κ1) is 13.2. The second kappa shape index (κ2) is 6.58. The monoisotopic (exact) mass is 266 g/mol. The summed E-state index contributed by atoms with van der Waals surface area (Å²) >= 11 is 0. The molecule has 0 unspecified atom stereocenters. The van der Waals surface area contributed by atoms with Crippen molar-refractivity contribution >= 4 is 5.69 Å². The van der Waals surface area contributed by atoms with Crippen LogP contribution < -0.4 is 10.6 Å². The second-order valence-corrected chi connectivity index (χ2v) is 5.52. The smallest absolute Gasteiger partial charge is 0.0340 e. The molecule has 1 saturated heterocycles. The van der Waals surface area contributed by atoms with Gasteiger partial charge in [0.2, 0.25) is 0 Å². The molecule has 0 amide bonds. The Kier molecular flexibility index (Phi) is 4.34. The van der Waals surface area contributed by atoms with Crippen molar-refractivity contribution in [2.45, 2.75) is 12.8 Å². The Labute approximate surface area is 121 Å². The van der Waals surface area contributed by atoms with Gasteiger partial charge in [-0.05, 0) is 55.1 Å². The predicted molar refractivity (Wildman–Crippen MR) is 86.0 cm³/mol. The summed E-state index contributed by atoms with van der Waals surface area (Å²) < 4.78 is 0. The lowest BCUT2D eigenvalue weighted by molar-refractivity contribution is 0.390. The van der Waals surface area contributed by atoms with Crippen LogP contribution in [0.3, 0.4) is 0 Å². The summed E-state index contributed by atoms with van der Waals surface area (Å²) in [6.07, 6.45) is 2.57. The van der Waals surface area contributed by atoms with E-state index in [-0.39, 0.29) is 0 Å². The molecule has 0 radical (unpaired) electrons. The van der Waals surface area contributed by atoms with Crippen LogP contribution in [0, 0.1) is 5.92 Å². The highest BCUT2D eigenvalue weighted by atomic mass is 14.9. The SMILES string of the molecule is c1ccc(-c2ccc(NCC3CCNCC3)cc2)cc1. The molecule has 1 heterocycles. The molecule has 1 fully saturated rings. The molecular weight excluding hydrogens is 244 g/mol. The number of benzene rings is 2.